The van der Waals surface area contributed by atoms with Crippen molar-refractivity contribution in [2.45, 2.75) is 114 Å². The van der Waals surface area contributed by atoms with E-state index in [1.807, 2.05) is 0 Å². The van der Waals surface area contributed by atoms with Gasteiger partial charge in [-0.1, -0.05) is 47.9 Å². The summed E-state index contributed by atoms with van der Waals surface area (Å²) in [6.07, 6.45) is -0.691. The van der Waals surface area contributed by atoms with Crippen LogP contribution in [0.25, 0.3) is 0 Å². The van der Waals surface area contributed by atoms with E-state index >= 15 is 0 Å². The zero-order valence-electron chi connectivity index (χ0n) is 36.7. The number of thiophene rings is 1. The quantitative estimate of drug-likeness (QED) is 0.0651. The lowest BCUT2D eigenvalue weighted by Crippen LogP contribution is -2.61. The number of carbonyl (C=O) groups is 11. The van der Waals surface area contributed by atoms with Gasteiger partial charge in [0.25, 0.3) is 0 Å². The molecule has 0 spiro atoms. The molecule has 2 saturated heterocycles. The molecule has 11 amide bonds. The summed E-state index contributed by atoms with van der Waals surface area (Å²) in [6.45, 7) is 2.95. The van der Waals surface area contributed by atoms with Gasteiger partial charge in [0.05, 0.1) is 19.0 Å². The molecule has 0 bridgehead atoms. The molecule has 0 unspecified atom stereocenters. The number of nitrogens with one attached hydrogen (secondary N) is 7. The van der Waals surface area contributed by atoms with Gasteiger partial charge >= 0.3 is 0 Å². The second-order valence-electron chi connectivity index (χ2n) is 15.8. The molecule has 2 aliphatic heterocycles. The third kappa shape index (κ3) is 17.4. The van der Waals surface area contributed by atoms with Gasteiger partial charge in [0, 0.05) is 35.8 Å². The van der Waals surface area contributed by atoms with Crippen molar-refractivity contribution >= 4 is 97.9 Å². The van der Waals surface area contributed by atoms with Crippen LogP contribution < -0.4 is 65.9 Å². The molecule has 1 aromatic heterocycles. The highest BCUT2D eigenvalue weighted by Gasteiger charge is 2.41. The number of hydrogen-bond donors (Lipinski definition) is 12. The maximum atomic E-state index is 14.4. The smallest absolute Gasteiger partial charge is 0.246 e. The first-order valence-corrected chi connectivity index (χ1v) is 24.6. The van der Waals surface area contributed by atoms with Gasteiger partial charge in [0.2, 0.25) is 65.0 Å². The minimum atomic E-state index is -1.74. The average molecular weight is 984 g/mol. The van der Waals surface area contributed by atoms with Gasteiger partial charge in [-0.05, 0) is 49.6 Å². The lowest BCUT2D eigenvalue weighted by atomic mass is 9.96. The first kappa shape index (κ1) is 54.8. The normalized spacial score (nSPS) is 24.8. The van der Waals surface area contributed by atoms with Crippen LogP contribution in [0, 0.1) is 5.92 Å². The predicted molar refractivity (Wildman–Crippen MR) is 245 cm³/mol. The highest BCUT2D eigenvalue weighted by Crippen LogP contribution is 2.26. The summed E-state index contributed by atoms with van der Waals surface area (Å²) in [5.74, 6) is -10.1. The first-order valence-electron chi connectivity index (χ1n) is 21.2. The van der Waals surface area contributed by atoms with Gasteiger partial charge in [0.1, 0.15) is 42.3 Å². The molecule has 9 atom stereocenters. The van der Waals surface area contributed by atoms with Crippen LogP contribution in [0.3, 0.4) is 0 Å². The first-order chi connectivity index (χ1) is 31.2. The summed E-state index contributed by atoms with van der Waals surface area (Å²) < 4.78 is 0. The SMILES string of the molecule is CC[C@H](C)[C@@H]1NC(=O)[C@H](Cc2cccs2)NC(=O)[C@@H](N)CSSC[C@@H](C(=O)N2CCC[C@H]2C(=O)N[C@@H](CCN)C(=O)NCC(N)=O)NC(=O)[C@H](CC(N)=O)NC(=O)[C@H](CCC(N)=O)NC1=O. The van der Waals surface area contributed by atoms with Crippen molar-refractivity contribution in [3.05, 3.63) is 22.4 Å². The Morgan fingerprint density at radius 3 is 2.11 bits per heavy atom. The Bertz CT molecular complexity index is 1930. The second kappa shape index (κ2) is 27.2. The van der Waals surface area contributed by atoms with E-state index in [9.17, 15) is 52.7 Å². The summed E-state index contributed by atoms with van der Waals surface area (Å²) in [5.41, 5.74) is 28.0. The van der Waals surface area contributed by atoms with Crippen molar-refractivity contribution in [3.63, 3.8) is 0 Å². The van der Waals surface area contributed by atoms with Crippen molar-refractivity contribution in [1.82, 2.24) is 42.1 Å². The fourth-order valence-corrected chi connectivity index (χ4v) is 9.87. The lowest BCUT2D eigenvalue weighted by molar-refractivity contribution is -0.142. The van der Waals surface area contributed by atoms with Gasteiger partial charge in [0.15, 0.2) is 0 Å². The maximum Gasteiger partial charge on any atom is 0.246 e. The van der Waals surface area contributed by atoms with Crippen LogP contribution in [-0.4, -0.2) is 149 Å². The molecular formula is C39H61N13O11S3. The molecule has 0 radical (unpaired) electrons. The molecule has 366 valence electrons. The Labute approximate surface area is 393 Å². The van der Waals surface area contributed by atoms with Crippen LogP contribution in [0.4, 0.5) is 0 Å². The van der Waals surface area contributed by atoms with Crippen LogP contribution in [0.2, 0.25) is 0 Å². The number of amides is 11. The summed E-state index contributed by atoms with van der Waals surface area (Å²) in [7, 11) is 2.07. The van der Waals surface area contributed by atoms with Crippen LogP contribution in [0.5, 0.6) is 0 Å². The summed E-state index contributed by atoms with van der Waals surface area (Å²) in [6, 6.07) is -7.22. The average Bonchev–Trinajstić information content (AvgIpc) is 3.98. The Morgan fingerprint density at radius 1 is 0.833 bits per heavy atom. The van der Waals surface area contributed by atoms with E-state index in [2.05, 4.69) is 37.2 Å². The van der Waals surface area contributed by atoms with Crippen molar-refractivity contribution < 1.29 is 52.7 Å². The van der Waals surface area contributed by atoms with Crippen LogP contribution >= 0.6 is 32.9 Å². The zero-order chi connectivity index (χ0) is 49.1. The molecule has 1 aromatic rings. The highest BCUT2D eigenvalue weighted by atomic mass is 33.1. The van der Waals surface area contributed by atoms with E-state index in [4.69, 9.17) is 28.7 Å². The van der Waals surface area contributed by atoms with E-state index in [0.29, 0.717) is 12.8 Å². The maximum absolute atomic E-state index is 14.4. The largest absolute Gasteiger partial charge is 0.370 e. The molecule has 2 aliphatic rings. The number of hydrogen-bond acceptors (Lipinski definition) is 16. The molecule has 0 aromatic carbocycles. The topological polar surface area (TPSA) is 405 Å². The molecule has 66 heavy (non-hydrogen) atoms. The summed E-state index contributed by atoms with van der Waals surface area (Å²) in [5, 5.41) is 19.5. The van der Waals surface area contributed by atoms with Crippen molar-refractivity contribution in [2.75, 3.05) is 31.1 Å². The number of likely N-dealkylation sites (tertiary alicyclic amines) is 1. The summed E-state index contributed by atoms with van der Waals surface area (Å²) in [4.78, 5) is 148. The van der Waals surface area contributed by atoms with E-state index in [1.54, 1.807) is 31.4 Å². The Balaban J connectivity index is 2.03. The standard InChI is InChI=1S/C39H61N13O11S3/c1-3-19(2)31-38(62)47-22(8-9-28(42)53)34(58)49-25(15-29(43)54)35(59)50-26(18-66-65-17-21(41)32(56)48-24(36(60)51-31)14-20-6-5-13-64-20)39(63)52-12-4-7-27(52)37(61)46-23(10-11-40)33(57)45-16-30(44)55/h5-6,13,19,21-27,31H,3-4,7-12,14-18,40-41H2,1-2H3,(H2,42,53)(H2,43,54)(H2,44,55)(H,45,57)(H,46,61)(H,47,62)(H,48,56)(H,49,58)(H,50,59)(H,51,60)/t19-,21-,22-,23-,24-,25-,26-,27-,31-/m0/s1. The second-order valence-corrected chi connectivity index (χ2v) is 19.3. The molecule has 3 heterocycles. The number of nitrogens with two attached hydrogens (primary N) is 5. The van der Waals surface area contributed by atoms with E-state index in [0.717, 1.165) is 26.5 Å². The van der Waals surface area contributed by atoms with Crippen LogP contribution in [-0.2, 0) is 59.2 Å². The number of nitrogens with zero attached hydrogens (tertiary/aromatic N) is 1. The highest BCUT2D eigenvalue weighted by molar-refractivity contribution is 8.76. The molecule has 27 heteroatoms. The van der Waals surface area contributed by atoms with E-state index < -0.39 is 139 Å². The van der Waals surface area contributed by atoms with Crippen LogP contribution in [0.1, 0.15) is 63.7 Å². The third-order valence-corrected chi connectivity index (χ3v) is 14.0. The molecule has 24 nitrogen and oxygen atoms in total. The number of primary amides is 3. The fraction of sp³-hybridized carbons (Fsp3) is 0.615. The van der Waals surface area contributed by atoms with Gasteiger partial charge in [-0.15, -0.1) is 11.3 Å². The molecule has 0 saturated carbocycles. The zero-order valence-corrected chi connectivity index (χ0v) is 39.1. The van der Waals surface area contributed by atoms with Gasteiger partial charge in [-0.3, -0.25) is 52.7 Å². The lowest BCUT2D eigenvalue weighted by Gasteiger charge is -2.31. The predicted octanol–water partition coefficient (Wildman–Crippen LogP) is -4.95. The Kier molecular flexibility index (Phi) is 22.6. The third-order valence-electron chi connectivity index (χ3n) is 10.6. The summed E-state index contributed by atoms with van der Waals surface area (Å²) >= 11 is 1.34. The van der Waals surface area contributed by atoms with Crippen molar-refractivity contribution in [3.8, 4) is 0 Å². The monoisotopic (exact) mass is 983 g/mol. The van der Waals surface area contributed by atoms with Crippen molar-refractivity contribution in [1.29, 1.82) is 0 Å². The van der Waals surface area contributed by atoms with Crippen molar-refractivity contribution in [2.24, 2.45) is 34.6 Å². The molecular weight excluding hydrogens is 923 g/mol. The Hall–Kier alpha value is -5.51. The molecule has 17 N–H and O–H groups in total. The number of carbonyl (C=O) groups excluding carboxylic acids is 11. The minimum absolute atomic E-state index is 0.0231. The number of rotatable bonds is 17. The molecule has 2 fully saturated rings. The Morgan fingerprint density at radius 2 is 1.48 bits per heavy atom. The molecule has 3 rings (SSSR count). The van der Waals surface area contributed by atoms with E-state index in [-0.39, 0.29) is 50.3 Å². The van der Waals surface area contributed by atoms with E-state index in [1.165, 1.54) is 16.2 Å². The van der Waals surface area contributed by atoms with Gasteiger partial charge < -0.3 is 70.8 Å². The minimum Gasteiger partial charge on any atom is -0.370 e. The van der Waals surface area contributed by atoms with Gasteiger partial charge in [-0.25, -0.2) is 0 Å². The fourth-order valence-electron chi connectivity index (χ4n) is 6.84. The van der Waals surface area contributed by atoms with Crippen LogP contribution in [0.15, 0.2) is 17.5 Å². The van der Waals surface area contributed by atoms with Gasteiger partial charge in [-0.2, -0.15) is 0 Å². The molecule has 0 aliphatic carbocycles.